The number of benzene rings is 2. The summed E-state index contributed by atoms with van der Waals surface area (Å²) in [7, 11) is 2.04. The SMILES string of the molecule is CN1C2=C(C(=O)CC(C)(C)C2)C(c2ccc(OCc3cccc(Cl)c3)cc2)C2=C1CC(C)(C)CC2=O. The predicted molar refractivity (Wildman–Crippen MR) is 143 cm³/mol. The van der Waals surface area contributed by atoms with Crippen LogP contribution in [0.2, 0.25) is 5.02 Å². The van der Waals surface area contributed by atoms with Crippen molar-refractivity contribution < 1.29 is 14.3 Å². The first-order valence-corrected chi connectivity index (χ1v) is 13.1. The van der Waals surface area contributed by atoms with Crippen molar-refractivity contribution >= 4 is 23.2 Å². The van der Waals surface area contributed by atoms with Crippen LogP contribution in [0.15, 0.2) is 71.1 Å². The first-order chi connectivity index (χ1) is 16.9. The average Bonchev–Trinajstić information content (AvgIpc) is 2.78. The number of halogens is 1. The van der Waals surface area contributed by atoms with Crippen LogP contribution in [-0.2, 0) is 16.2 Å². The summed E-state index contributed by atoms with van der Waals surface area (Å²) in [6.45, 7) is 9.04. The van der Waals surface area contributed by atoms with Gasteiger partial charge >= 0.3 is 0 Å². The van der Waals surface area contributed by atoms with Gasteiger partial charge in [-0.1, -0.05) is 63.6 Å². The van der Waals surface area contributed by atoms with Crippen molar-refractivity contribution in [3.05, 3.63) is 87.2 Å². The molecule has 1 heterocycles. The second-order valence-corrected chi connectivity index (χ2v) is 12.5. The van der Waals surface area contributed by atoms with E-state index in [4.69, 9.17) is 16.3 Å². The van der Waals surface area contributed by atoms with Crippen LogP contribution in [0.3, 0.4) is 0 Å². The van der Waals surface area contributed by atoms with E-state index in [1.165, 1.54) is 0 Å². The molecule has 188 valence electrons. The summed E-state index contributed by atoms with van der Waals surface area (Å²) >= 11 is 6.09. The maximum Gasteiger partial charge on any atom is 0.162 e. The number of allylic oxidation sites excluding steroid dienone is 4. The summed E-state index contributed by atoms with van der Waals surface area (Å²) in [5.74, 6) is 0.731. The van der Waals surface area contributed by atoms with Crippen molar-refractivity contribution in [3.8, 4) is 5.75 Å². The maximum atomic E-state index is 13.6. The Morgan fingerprint density at radius 2 is 1.42 bits per heavy atom. The van der Waals surface area contributed by atoms with Crippen LogP contribution in [-0.4, -0.2) is 23.5 Å². The molecule has 2 aromatic rings. The Labute approximate surface area is 219 Å². The molecule has 1 aliphatic heterocycles. The van der Waals surface area contributed by atoms with Crippen molar-refractivity contribution in [2.24, 2.45) is 10.8 Å². The summed E-state index contributed by atoms with van der Waals surface area (Å²) in [5.41, 5.74) is 5.53. The van der Waals surface area contributed by atoms with Gasteiger partial charge in [-0.05, 0) is 59.1 Å². The van der Waals surface area contributed by atoms with Crippen LogP contribution < -0.4 is 4.74 Å². The lowest BCUT2D eigenvalue weighted by atomic mass is 9.64. The summed E-state index contributed by atoms with van der Waals surface area (Å²) in [5, 5.41) is 0.683. The molecule has 2 aromatic carbocycles. The Bertz CT molecular complexity index is 1250. The summed E-state index contributed by atoms with van der Waals surface area (Å²) in [6.07, 6.45) is 2.65. The number of carbonyl (C=O) groups is 2. The van der Waals surface area contributed by atoms with Gasteiger partial charge in [0.15, 0.2) is 11.6 Å². The standard InChI is InChI=1S/C31H34ClNO3/c1-30(2)14-23-28(25(34)16-30)27(29-24(33(23)5)15-31(3,4)17-26(29)35)20-9-11-22(12-10-20)36-18-19-7-6-8-21(32)13-19/h6-13,27H,14-18H2,1-5H3. The number of Topliss-reactive ketones (excluding diaryl/α,β-unsaturated/α-hetero) is 2. The minimum Gasteiger partial charge on any atom is -0.489 e. The number of hydrogen-bond donors (Lipinski definition) is 0. The third-order valence-electron chi connectivity index (χ3n) is 7.69. The smallest absolute Gasteiger partial charge is 0.162 e. The lowest BCUT2D eigenvalue weighted by molar-refractivity contribution is -0.119. The predicted octanol–water partition coefficient (Wildman–Crippen LogP) is 7.23. The zero-order chi connectivity index (χ0) is 25.8. The van der Waals surface area contributed by atoms with Gasteiger partial charge in [0, 0.05) is 53.4 Å². The fourth-order valence-corrected chi connectivity index (χ4v) is 6.26. The van der Waals surface area contributed by atoms with Crippen molar-refractivity contribution in [1.82, 2.24) is 4.90 Å². The molecule has 0 saturated carbocycles. The minimum absolute atomic E-state index is 0.0982. The molecule has 0 N–H and O–H groups in total. The molecule has 5 rings (SSSR count). The van der Waals surface area contributed by atoms with E-state index >= 15 is 0 Å². The zero-order valence-corrected chi connectivity index (χ0v) is 22.5. The number of rotatable bonds is 4. The Morgan fingerprint density at radius 1 is 0.861 bits per heavy atom. The van der Waals surface area contributed by atoms with Crippen LogP contribution >= 0.6 is 11.6 Å². The fraction of sp³-hybridized carbons (Fsp3) is 0.419. The Kier molecular flexibility index (Phi) is 6.15. The van der Waals surface area contributed by atoms with E-state index in [1.807, 2.05) is 55.6 Å². The molecule has 0 saturated heterocycles. The topological polar surface area (TPSA) is 46.6 Å². The molecule has 0 spiro atoms. The molecule has 0 unspecified atom stereocenters. The number of carbonyl (C=O) groups excluding carboxylic acids is 2. The molecule has 36 heavy (non-hydrogen) atoms. The van der Waals surface area contributed by atoms with Gasteiger partial charge in [0.1, 0.15) is 12.4 Å². The number of ketones is 2. The van der Waals surface area contributed by atoms with Gasteiger partial charge in [-0.2, -0.15) is 0 Å². The molecule has 2 aliphatic carbocycles. The molecule has 0 amide bonds. The van der Waals surface area contributed by atoms with E-state index in [-0.39, 0.29) is 28.3 Å². The largest absolute Gasteiger partial charge is 0.489 e. The molecular weight excluding hydrogens is 470 g/mol. The summed E-state index contributed by atoms with van der Waals surface area (Å²) in [6, 6.07) is 15.5. The van der Waals surface area contributed by atoms with E-state index in [1.54, 1.807) is 0 Å². The maximum absolute atomic E-state index is 13.6. The monoisotopic (exact) mass is 503 g/mol. The van der Waals surface area contributed by atoms with Crippen molar-refractivity contribution in [2.75, 3.05) is 7.05 Å². The van der Waals surface area contributed by atoms with Gasteiger partial charge in [0.2, 0.25) is 0 Å². The highest BCUT2D eigenvalue weighted by Gasteiger charge is 2.48. The normalized spacial score (nSPS) is 21.4. The van der Waals surface area contributed by atoms with E-state index in [2.05, 4.69) is 32.6 Å². The lowest BCUT2D eigenvalue weighted by Gasteiger charge is -2.47. The summed E-state index contributed by atoms with van der Waals surface area (Å²) in [4.78, 5) is 29.3. The second-order valence-electron chi connectivity index (χ2n) is 12.1. The average molecular weight is 504 g/mol. The van der Waals surface area contributed by atoms with E-state index < -0.39 is 0 Å². The van der Waals surface area contributed by atoms with Gasteiger partial charge in [-0.15, -0.1) is 0 Å². The third kappa shape index (κ3) is 4.64. The van der Waals surface area contributed by atoms with Crippen LogP contribution in [0, 0.1) is 10.8 Å². The molecule has 0 aromatic heterocycles. The van der Waals surface area contributed by atoms with Gasteiger partial charge < -0.3 is 9.64 Å². The lowest BCUT2D eigenvalue weighted by Crippen LogP contribution is -2.43. The van der Waals surface area contributed by atoms with E-state index in [0.717, 1.165) is 52.3 Å². The number of nitrogens with zero attached hydrogens (tertiary/aromatic N) is 1. The molecule has 0 fully saturated rings. The van der Waals surface area contributed by atoms with E-state index in [0.29, 0.717) is 24.5 Å². The van der Waals surface area contributed by atoms with Crippen LogP contribution in [0.25, 0.3) is 0 Å². The van der Waals surface area contributed by atoms with E-state index in [9.17, 15) is 9.59 Å². The van der Waals surface area contributed by atoms with Gasteiger partial charge in [0.25, 0.3) is 0 Å². The molecular formula is C31H34ClNO3. The van der Waals surface area contributed by atoms with Gasteiger partial charge in [0.05, 0.1) is 0 Å². The zero-order valence-electron chi connectivity index (χ0n) is 21.8. The number of hydrogen-bond acceptors (Lipinski definition) is 4. The van der Waals surface area contributed by atoms with Crippen molar-refractivity contribution in [3.63, 3.8) is 0 Å². The minimum atomic E-state index is -0.319. The first kappa shape index (κ1) is 24.8. The Balaban J connectivity index is 1.52. The molecule has 4 nitrogen and oxygen atoms in total. The number of ether oxygens (including phenoxy) is 1. The van der Waals surface area contributed by atoms with Crippen LogP contribution in [0.4, 0.5) is 0 Å². The highest BCUT2D eigenvalue weighted by atomic mass is 35.5. The molecule has 3 aliphatic rings. The van der Waals surface area contributed by atoms with Crippen molar-refractivity contribution in [1.29, 1.82) is 0 Å². The third-order valence-corrected chi connectivity index (χ3v) is 7.92. The second kappa shape index (κ2) is 8.92. The molecule has 5 heteroatoms. The molecule has 0 atom stereocenters. The molecule has 0 bridgehead atoms. The Morgan fingerprint density at radius 3 is 1.94 bits per heavy atom. The summed E-state index contributed by atoms with van der Waals surface area (Å²) < 4.78 is 5.99. The molecule has 0 radical (unpaired) electrons. The van der Waals surface area contributed by atoms with Gasteiger partial charge in [-0.3, -0.25) is 9.59 Å². The van der Waals surface area contributed by atoms with Gasteiger partial charge in [-0.25, -0.2) is 0 Å². The van der Waals surface area contributed by atoms with Crippen molar-refractivity contribution in [2.45, 2.75) is 65.9 Å². The highest BCUT2D eigenvalue weighted by Crippen LogP contribution is 2.53. The van der Waals surface area contributed by atoms with Crippen LogP contribution in [0.1, 0.15) is 70.4 Å². The Hall–Kier alpha value is -2.85. The highest BCUT2D eigenvalue weighted by molar-refractivity contribution is 6.30. The first-order valence-electron chi connectivity index (χ1n) is 12.7. The van der Waals surface area contributed by atoms with Crippen LogP contribution in [0.5, 0.6) is 5.75 Å². The fourth-order valence-electron chi connectivity index (χ4n) is 6.05. The quantitative estimate of drug-likeness (QED) is 0.441.